The Morgan fingerprint density at radius 2 is 1.82 bits per heavy atom. The summed E-state index contributed by atoms with van der Waals surface area (Å²) in [6.07, 6.45) is 0. The van der Waals surface area contributed by atoms with Crippen LogP contribution in [0.5, 0.6) is 0 Å². The molecule has 0 amide bonds. The number of carbonyl (C=O) groups excluding carboxylic acids is 1. The van der Waals surface area contributed by atoms with Crippen molar-refractivity contribution in [3.63, 3.8) is 0 Å². The molecule has 1 rings (SSSR count). The molecule has 1 N–H and O–H groups in total. The zero-order chi connectivity index (χ0) is 13.2. The van der Waals surface area contributed by atoms with Gasteiger partial charge in [0.1, 0.15) is 5.82 Å². The minimum Gasteiger partial charge on any atom is -0.481 e. The number of halogens is 1. The molecule has 1 aromatic carbocycles. The highest BCUT2D eigenvalue weighted by Gasteiger charge is 2.26. The molecular formula is C13H15FO3. The minimum atomic E-state index is -1.03. The van der Waals surface area contributed by atoms with Crippen LogP contribution in [0.25, 0.3) is 0 Å². The smallest absolute Gasteiger partial charge is 0.306 e. The van der Waals surface area contributed by atoms with Crippen LogP contribution in [0.3, 0.4) is 0 Å². The van der Waals surface area contributed by atoms with Crippen LogP contribution in [-0.4, -0.2) is 16.9 Å². The predicted octanol–water partition coefficient (Wildman–Crippen LogP) is 2.67. The van der Waals surface area contributed by atoms with Gasteiger partial charge in [0.05, 0.1) is 5.92 Å². The molecule has 0 saturated carbocycles. The van der Waals surface area contributed by atoms with Crippen molar-refractivity contribution in [3.8, 4) is 0 Å². The van der Waals surface area contributed by atoms with Gasteiger partial charge in [-0.15, -0.1) is 0 Å². The van der Waals surface area contributed by atoms with Gasteiger partial charge in [-0.05, 0) is 18.6 Å². The van der Waals surface area contributed by atoms with Gasteiger partial charge in [0.15, 0.2) is 5.78 Å². The number of aliphatic carboxylic acids is 1. The molecule has 3 nitrogen and oxygen atoms in total. The number of benzene rings is 1. The second-order valence-electron chi connectivity index (χ2n) is 4.24. The molecule has 1 aromatic rings. The van der Waals surface area contributed by atoms with Crippen molar-refractivity contribution in [1.29, 1.82) is 0 Å². The summed E-state index contributed by atoms with van der Waals surface area (Å²) >= 11 is 0. The van der Waals surface area contributed by atoms with Crippen LogP contribution in [0.15, 0.2) is 18.2 Å². The maximum atomic E-state index is 13.3. The van der Waals surface area contributed by atoms with Crippen molar-refractivity contribution in [2.75, 3.05) is 0 Å². The first-order chi connectivity index (χ1) is 7.84. The van der Waals surface area contributed by atoms with Crippen molar-refractivity contribution < 1.29 is 19.1 Å². The molecule has 0 radical (unpaired) electrons. The highest BCUT2D eigenvalue weighted by molar-refractivity contribution is 5.99. The van der Waals surface area contributed by atoms with Gasteiger partial charge in [-0.3, -0.25) is 9.59 Å². The molecule has 4 heteroatoms. The van der Waals surface area contributed by atoms with E-state index >= 15 is 0 Å². The largest absolute Gasteiger partial charge is 0.481 e. The molecule has 17 heavy (non-hydrogen) atoms. The Bertz CT molecular complexity index is 454. The van der Waals surface area contributed by atoms with Crippen molar-refractivity contribution in [3.05, 3.63) is 35.1 Å². The number of hydrogen-bond acceptors (Lipinski definition) is 2. The summed E-state index contributed by atoms with van der Waals surface area (Å²) in [6, 6.07) is 4.19. The van der Waals surface area contributed by atoms with E-state index in [2.05, 4.69) is 0 Å². The van der Waals surface area contributed by atoms with E-state index in [0.29, 0.717) is 5.56 Å². The van der Waals surface area contributed by atoms with Gasteiger partial charge < -0.3 is 5.11 Å². The van der Waals surface area contributed by atoms with Crippen molar-refractivity contribution in [2.24, 2.45) is 11.8 Å². The highest BCUT2D eigenvalue weighted by atomic mass is 19.1. The predicted molar refractivity (Wildman–Crippen MR) is 61.4 cm³/mol. The van der Waals surface area contributed by atoms with E-state index in [0.717, 1.165) is 6.07 Å². The van der Waals surface area contributed by atoms with Gasteiger partial charge in [-0.2, -0.15) is 0 Å². The van der Waals surface area contributed by atoms with E-state index < -0.39 is 23.6 Å². The van der Waals surface area contributed by atoms with Crippen molar-refractivity contribution in [1.82, 2.24) is 0 Å². The van der Waals surface area contributed by atoms with E-state index in [9.17, 15) is 14.0 Å². The molecule has 0 fully saturated rings. The fourth-order valence-corrected chi connectivity index (χ4v) is 1.45. The van der Waals surface area contributed by atoms with E-state index in [1.807, 2.05) is 0 Å². The summed E-state index contributed by atoms with van der Waals surface area (Å²) in [6.45, 7) is 4.61. The minimum absolute atomic E-state index is 0.216. The molecule has 0 saturated heterocycles. The lowest BCUT2D eigenvalue weighted by molar-refractivity contribution is -0.142. The highest BCUT2D eigenvalue weighted by Crippen LogP contribution is 2.19. The number of Topliss-reactive ketones (excluding diaryl/α,β-unsaturated/α-hetero) is 1. The zero-order valence-corrected chi connectivity index (χ0v) is 10.0. The summed E-state index contributed by atoms with van der Waals surface area (Å²) in [5, 5.41) is 8.82. The molecule has 0 spiro atoms. The summed E-state index contributed by atoms with van der Waals surface area (Å²) in [7, 11) is 0. The van der Waals surface area contributed by atoms with Crippen LogP contribution < -0.4 is 0 Å². The molecule has 2 unspecified atom stereocenters. The maximum Gasteiger partial charge on any atom is 0.306 e. The summed E-state index contributed by atoms with van der Waals surface area (Å²) in [4.78, 5) is 22.7. The molecule has 2 atom stereocenters. The van der Waals surface area contributed by atoms with Gasteiger partial charge in [0.25, 0.3) is 0 Å². The van der Waals surface area contributed by atoms with Crippen LogP contribution in [0.2, 0.25) is 0 Å². The normalized spacial score (nSPS) is 14.1. The van der Waals surface area contributed by atoms with Crippen LogP contribution >= 0.6 is 0 Å². The van der Waals surface area contributed by atoms with Crippen LogP contribution in [0.4, 0.5) is 4.39 Å². The maximum absolute atomic E-state index is 13.3. The fraction of sp³-hybridized carbons (Fsp3) is 0.385. The Kier molecular flexibility index (Phi) is 3.99. The molecular weight excluding hydrogens is 223 g/mol. The first kappa shape index (κ1) is 13.4. The fourth-order valence-electron chi connectivity index (χ4n) is 1.45. The van der Waals surface area contributed by atoms with E-state index in [-0.39, 0.29) is 11.3 Å². The number of hydrogen-bond donors (Lipinski definition) is 1. The Morgan fingerprint density at radius 3 is 2.29 bits per heavy atom. The lowest BCUT2D eigenvalue weighted by Crippen LogP contribution is -2.25. The first-order valence-electron chi connectivity index (χ1n) is 5.37. The molecule has 0 aliphatic heterocycles. The van der Waals surface area contributed by atoms with E-state index in [4.69, 9.17) is 5.11 Å². The van der Waals surface area contributed by atoms with Gasteiger partial charge in [-0.25, -0.2) is 4.39 Å². The lowest BCUT2D eigenvalue weighted by atomic mass is 9.88. The summed E-state index contributed by atoms with van der Waals surface area (Å²) in [5.41, 5.74) is 0.675. The van der Waals surface area contributed by atoms with E-state index in [1.54, 1.807) is 13.8 Å². The molecule has 92 valence electrons. The van der Waals surface area contributed by atoms with Crippen LogP contribution in [0, 0.1) is 24.6 Å². The third-order valence-electron chi connectivity index (χ3n) is 3.01. The van der Waals surface area contributed by atoms with Crippen molar-refractivity contribution >= 4 is 11.8 Å². The number of ketones is 1. The topological polar surface area (TPSA) is 54.4 Å². The Labute approximate surface area is 99.3 Å². The average molecular weight is 238 g/mol. The van der Waals surface area contributed by atoms with Gasteiger partial charge in [0.2, 0.25) is 0 Å². The standard InChI is InChI=1S/C13H15FO3/c1-7-4-5-10(6-11(7)14)12(15)8(2)9(3)13(16)17/h4-6,8-9H,1-3H3,(H,16,17). The first-order valence-corrected chi connectivity index (χ1v) is 5.37. The van der Waals surface area contributed by atoms with Crippen molar-refractivity contribution in [2.45, 2.75) is 20.8 Å². The number of carboxylic acid groups (broad SMARTS) is 1. The molecule has 0 aliphatic carbocycles. The molecule has 0 aromatic heterocycles. The van der Waals surface area contributed by atoms with Crippen LogP contribution in [-0.2, 0) is 4.79 Å². The number of carbonyl (C=O) groups is 2. The summed E-state index contributed by atoms with van der Waals surface area (Å²) in [5.74, 6) is -3.29. The van der Waals surface area contributed by atoms with Crippen LogP contribution in [0.1, 0.15) is 29.8 Å². The third kappa shape index (κ3) is 2.90. The molecule has 0 heterocycles. The number of carboxylic acids is 1. The third-order valence-corrected chi connectivity index (χ3v) is 3.01. The lowest BCUT2D eigenvalue weighted by Gasteiger charge is -2.14. The zero-order valence-electron chi connectivity index (χ0n) is 10.0. The molecule has 0 aliphatic rings. The number of rotatable bonds is 4. The second kappa shape index (κ2) is 5.08. The van der Waals surface area contributed by atoms with Gasteiger partial charge in [-0.1, -0.05) is 26.0 Å². The Hall–Kier alpha value is -1.71. The monoisotopic (exact) mass is 238 g/mol. The van der Waals surface area contributed by atoms with Gasteiger partial charge >= 0.3 is 5.97 Å². The van der Waals surface area contributed by atoms with Gasteiger partial charge in [0, 0.05) is 11.5 Å². The average Bonchev–Trinajstić information content (AvgIpc) is 2.29. The summed E-state index contributed by atoms with van der Waals surface area (Å²) < 4.78 is 13.3. The second-order valence-corrected chi connectivity index (χ2v) is 4.24. The number of aryl methyl sites for hydroxylation is 1. The SMILES string of the molecule is Cc1ccc(C(=O)C(C)C(C)C(=O)O)cc1F. The Morgan fingerprint density at radius 1 is 1.24 bits per heavy atom. The quantitative estimate of drug-likeness (QED) is 0.820. The Balaban J connectivity index is 2.96. The molecule has 0 bridgehead atoms. The van der Waals surface area contributed by atoms with E-state index in [1.165, 1.54) is 19.1 Å².